The smallest absolute Gasteiger partial charge is 0.280 e. The second-order valence-corrected chi connectivity index (χ2v) is 6.48. The van der Waals surface area contributed by atoms with Crippen LogP contribution in [0.4, 0.5) is 11.4 Å². The summed E-state index contributed by atoms with van der Waals surface area (Å²) in [5.74, 6) is -0.214. The van der Waals surface area contributed by atoms with E-state index in [2.05, 4.69) is 10.1 Å². The average molecular weight is 388 g/mol. The molecule has 4 rings (SSSR count). The topological polar surface area (TPSA) is 114 Å². The van der Waals surface area contributed by atoms with Gasteiger partial charge in [0.1, 0.15) is 11.4 Å². The Bertz CT molecular complexity index is 1330. The number of rotatable bonds is 4. The van der Waals surface area contributed by atoms with Gasteiger partial charge in [-0.25, -0.2) is 4.68 Å². The lowest BCUT2D eigenvalue weighted by molar-refractivity contribution is -0.384. The van der Waals surface area contributed by atoms with Crippen LogP contribution in [0.15, 0.2) is 70.5 Å². The third kappa shape index (κ3) is 3.27. The lowest BCUT2D eigenvalue weighted by Gasteiger charge is -2.06. The second-order valence-electron chi connectivity index (χ2n) is 6.48. The molecule has 0 saturated carbocycles. The van der Waals surface area contributed by atoms with Crippen molar-refractivity contribution >= 4 is 28.4 Å². The molecule has 0 aliphatic heterocycles. The molecule has 1 heterocycles. The molecule has 0 radical (unpaired) electrons. The van der Waals surface area contributed by atoms with Crippen LogP contribution >= 0.6 is 0 Å². The van der Waals surface area contributed by atoms with Gasteiger partial charge in [-0.2, -0.15) is 0 Å². The maximum absolute atomic E-state index is 13.0. The third-order valence-corrected chi connectivity index (χ3v) is 4.63. The van der Waals surface area contributed by atoms with Gasteiger partial charge in [-0.3, -0.25) is 25.0 Å². The number of aromatic amines is 1. The van der Waals surface area contributed by atoms with Gasteiger partial charge in [-0.15, -0.1) is 0 Å². The van der Waals surface area contributed by atoms with Crippen LogP contribution in [0, 0.1) is 17.0 Å². The number of nitro benzene ring substituents is 1. The average Bonchev–Trinajstić information content (AvgIpc) is 3.00. The standard InChI is InChI=1S/C21H16N4O4/c1-13-17(12-22-18-11-15(25(28)29)9-10-20(18)26)21(27)24(23-13)19-8-4-6-14-5-2-3-7-16(14)19/h2-12,23,26H,1H3. The minimum atomic E-state index is -0.576. The monoisotopic (exact) mass is 388 g/mol. The molecule has 0 aliphatic carbocycles. The van der Waals surface area contributed by atoms with Gasteiger partial charge < -0.3 is 5.11 Å². The number of H-pyrrole nitrogens is 1. The molecule has 3 aromatic carbocycles. The number of fused-ring (bicyclic) bond motifs is 1. The van der Waals surface area contributed by atoms with Gasteiger partial charge in [0, 0.05) is 29.4 Å². The van der Waals surface area contributed by atoms with Crippen LogP contribution < -0.4 is 5.56 Å². The summed E-state index contributed by atoms with van der Waals surface area (Å²) < 4.78 is 1.44. The van der Waals surface area contributed by atoms with Crippen molar-refractivity contribution in [2.45, 2.75) is 6.92 Å². The van der Waals surface area contributed by atoms with Crippen molar-refractivity contribution in [1.29, 1.82) is 0 Å². The number of benzene rings is 3. The number of phenolic OH excluding ortho intramolecular Hbond substituents is 1. The minimum absolute atomic E-state index is 0.0101. The summed E-state index contributed by atoms with van der Waals surface area (Å²) in [5, 5.41) is 25.8. The summed E-state index contributed by atoms with van der Waals surface area (Å²) in [4.78, 5) is 27.4. The first-order chi connectivity index (χ1) is 14.0. The number of aromatic nitrogens is 2. The highest BCUT2D eigenvalue weighted by Gasteiger charge is 2.14. The van der Waals surface area contributed by atoms with E-state index in [0.717, 1.165) is 16.8 Å². The molecule has 8 nitrogen and oxygen atoms in total. The summed E-state index contributed by atoms with van der Waals surface area (Å²) >= 11 is 0. The number of aromatic hydroxyl groups is 1. The van der Waals surface area contributed by atoms with Crippen molar-refractivity contribution in [3.05, 3.63) is 92.4 Å². The lowest BCUT2D eigenvalue weighted by Crippen LogP contribution is -2.17. The Kier molecular flexibility index (Phi) is 4.44. The summed E-state index contributed by atoms with van der Waals surface area (Å²) in [7, 11) is 0. The van der Waals surface area contributed by atoms with E-state index < -0.39 is 4.92 Å². The summed E-state index contributed by atoms with van der Waals surface area (Å²) in [6.07, 6.45) is 1.30. The van der Waals surface area contributed by atoms with E-state index in [4.69, 9.17) is 0 Å². The van der Waals surface area contributed by atoms with Crippen LogP contribution in [0.1, 0.15) is 11.3 Å². The first-order valence-corrected chi connectivity index (χ1v) is 8.77. The molecule has 0 spiro atoms. The van der Waals surface area contributed by atoms with Crippen LogP contribution in [0.5, 0.6) is 5.75 Å². The van der Waals surface area contributed by atoms with Gasteiger partial charge in [0.05, 0.1) is 16.2 Å². The molecule has 0 saturated heterocycles. The fourth-order valence-electron chi connectivity index (χ4n) is 3.15. The zero-order chi connectivity index (χ0) is 20.5. The minimum Gasteiger partial charge on any atom is -0.506 e. The predicted octanol–water partition coefficient (Wildman–Crippen LogP) is 3.99. The normalized spacial score (nSPS) is 11.3. The first kappa shape index (κ1) is 18.2. The molecule has 0 bridgehead atoms. The number of hydrogen-bond acceptors (Lipinski definition) is 5. The SMILES string of the molecule is Cc1[nH]n(-c2cccc3ccccc23)c(=O)c1C=Nc1cc([N+](=O)[O-])ccc1O. The number of phenols is 1. The predicted molar refractivity (Wildman–Crippen MR) is 111 cm³/mol. The van der Waals surface area contributed by atoms with Gasteiger partial charge in [-0.05, 0) is 24.4 Å². The Morgan fingerprint density at radius 3 is 2.69 bits per heavy atom. The molecule has 4 aromatic rings. The number of aliphatic imine (C=N–C) groups is 1. The van der Waals surface area contributed by atoms with E-state index in [1.165, 1.54) is 23.0 Å². The maximum Gasteiger partial charge on any atom is 0.280 e. The molecular weight excluding hydrogens is 372 g/mol. The summed E-state index contributed by atoms with van der Waals surface area (Å²) in [6.45, 7) is 1.73. The van der Waals surface area contributed by atoms with Crippen molar-refractivity contribution in [2.24, 2.45) is 4.99 Å². The fraction of sp³-hybridized carbons (Fsp3) is 0.0476. The Balaban J connectivity index is 1.79. The van der Waals surface area contributed by atoms with Gasteiger partial charge in [-0.1, -0.05) is 36.4 Å². The van der Waals surface area contributed by atoms with E-state index >= 15 is 0 Å². The van der Waals surface area contributed by atoms with Crippen molar-refractivity contribution < 1.29 is 10.0 Å². The van der Waals surface area contributed by atoms with Crippen molar-refractivity contribution in [1.82, 2.24) is 9.78 Å². The van der Waals surface area contributed by atoms with Crippen LogP contribution in [0.3, 0.4) is 0 Å². The fourth-order valence-corrected chi connectivity index (χ4v) is 3.15. The molecule has 2 N–H and O–H groups in total. The third-order valence-electron chi connectivity index (χ3n) is 4.63. The molecule has 0 amide bonds. The molecule has 29 heavy (non-hydrogen) atoms. The summed E-state index contributed by atoms with van der Waals surface area (Å²) in [5.41, 5.74) is 1.08. The Hall–Kier alpha value is -4.20. The Morgan fingerprint density at radius 1 is 1.14 bits per heavy atom. The highest BCUT2D eigenvalue weighted by Crippen LogP contribution is 2.30. The van der Waals surface area contributed by atoms with Crippen molar-refractivity contribution in [3.8, 4) is 11.4 Å². The van der Waals surface area contributed by atoms with Gasteiger partial charge >= 0.3 is 0 Å². The lowest BCUT2D eigenvalue weighted by atomic mass is 10.1. The molecule has 0 aliphatic rings. The van der Waals surface area contributed by atoms with Gasteiger partial charge in [0.25, 0.3) is 11.2 Å². The summed E-state index contributed by atoms with van der Waals surface area (Å²) in [6, 6.07) is 16.9. The molecule has 144 valence electrons. The number of aryl methyl sites for hydroxylation is 1. The van der Waals surface area contributed by atoms with Crippen LogP contribution in [-0.2, 0) is 0 Å². The van der Waals surface area contributed by atoms with E-state index in [-0.39, 0.29) is 22.7 Å². The van der Waals surface area contributed by atoms with Crippen LogP contribution in [-0.4, -0.2) is 26.0 Å². The maximum atomic E-state index is 13.0. The molecular formula is C21H16N4O4. The van der Waals surface area contributed by atoms with Crippen molar-refractivity contribution in [2.75, 3.05) is 0 Å². The molecule has 1 aromatic heterocycles. The molecule has 8 heteroatoms. The Morgan fingerprint density at radius 2 is 1.90 bits per heavy atom. The number of nitrogens with one attached hydrogen (secondary N) is 1. The van der Waals surface area contributed by atoms with Crippen LogP contribution in [0.25, 0.3) is 16.5 Å². The zero-order valence-electron chi connectivity index (χ0n) is 15.4. The van der Waals surface area contributed by atoms with E-state index in [0.29, 0.717) is 16.9 Å². The highest BCUT2D eigenvalue weighted by atomic mass is 16.6. The van der Waals surface area contributed by atoms with Crippen molar-refractivity contribution in [3.63, 3.8) is 0 Å². The molecule has 0 atom stereocenters. The number of non-ortho nitro benzene ring substituents is 1. The number of nitro groups is 1. The molecule has 0 unspecified atom stereocenters. The first-order valence-electron chi connectivity index (χ1n) is 8.77. The molecule has 0 fully saturated rings. The van der Waals surface area contributed by atoms with Gasteiger partial charge in [0.2, 0.25) is 0 Å². The van der Waals surface area contributed by atoms with Crippen LogP contribution in [0.2, 0.25) is 0 Å². The van der Waals surface area contributed by atoms with E-state index in [1.54, 1.807) is 6.92 Å². The van der Waals surface area contributed by atoms with E-state index in [1.807, 2.05) is 42.5 Å². The largest absolute Gasteiger partial charge is 0.506 e. The zero-order valence-corrected chi connectivity index (χ0v) is 15.4. The van der Waals surface area contributed by atoms with E-state index in [9.17, 15) is 20.0 Å². The highest BCUT2D eigenvalue weighted by molar-refractivity contribution is 5.90. The van der Waals surface area contributed by atoms with Gasteiger partial charge in [0.15, 0.2) is 0 Å². The number of nitrogens with zero attached hydrogens (tertiary/aromatic N) is 3. The Labute approximate surface area is 164 Å². The quantitative estimate of drug-likeness (QED) is 0.312. The number of hydrogen-bond donors (Lipinski definition) is 2. The second kappa shape index (κ2) is 7.08.